The summed E-state index contributed by atoms with van der Waals surface area (Å²) in [5, 5.41) is 11.4. The first-order chi connectivity index (χ1) is 14.0. The second-order valence-electron chi connectivity index (χ2n) is 7.40. The van der Waals surface area contributed by atoms with Crippen molar-refractivity contribution in [1.82, 2.24) is 4.57 Å². The smallest absolute Gasteiger partial charge is 0.419 e. The Morgan fingerprint density at radius 1 is 1.13 bits per heavy atom. The summed E-state index contributed by atoms with van der Waals surface area (Å²) in [6.45, 7) is 5.18. The number of carbonyl (C=O) groups is 1. The maximum atomic E-state index is 12.7. The highest BCUT2D eigenvalue weighted by atomic mass is 32.2. The number of carbonyl (C=O) groups excluding carboxylic acids is 1. The van der Waals surface area contributed by atoms with Crippen LogP contribution in [0.3, 0.4) is 0 Å². The molecule has 0 spiro atoms. The number of hydrogen-bond donors (Lipinski definition) is 0. The van der Waals surface area contributed by atoms with E-state index in [4.69, 9.17) is 4.74 Å². The van der Waals surface area contributed by atoms with Gasteiger partial charge in [0, 0.05) is 17.5 Å². The zero-order chi connectivity index (χ0) is 22.1. The van der Waals surface area contributed by atoms with Crippen LogP contribution in [-0.2, 0) is 14.8 Å². The fraction of sp³-hybridized carbons (Fsp3) is 0.200. The number of non-ortho nitro benzene ring substituents is 1. The van der Waals surface area contributed by atoms with Crippen molar-refractivity contribution in [3.8, 4) is 0 Å². The number of nitro benzene ring substituents is 1. The molecule has 0 atom stereocenters. The van der Waals surface area contributed by atoms with E-state index < -0.39 is 26.6 Å². The van der Waals surface area contributed by atoms with Crippen molar-refractivity contribution in [2.24, 2.45) is 4.40 Å². The van der Waals surface area contributed by atoms with Crippen molar-refractivity contribution in [3.05, 3.63) is 70.4 Å². The highest BCUT2D eigenvalue weighted by Crippen LogP contribution is 2.22. The van der Waals surface area contributed by atoms with Gasteiger partial charge in [0.1, 0.15) is 5.60 Å². The number of nitro groups is 1. The van der Waals surface area contributed by atoms with Gasteiger partial charge < -0.3 is 4.74 Å². The summed E-state index contributed by atoms with van der Waals surface area (Å²) in [6.07, 6.45) is 0.388. The molecule has 3 rings (SSSR count). The number of aromatic nitrogens is 1. The Bertz CT molecular complexity index is 1250. The summed E-state index contributed by atoms with van der Waals surface area (Å²) >= 11 is 0. The normalized spacial score (nSPS) is 12.4. The van der Waals surface area contributed by atoms with Crippen LogP contribution in [0.25, 0.3) is 10.9 Å². The van der Waals surface area contributed by atoms with Crippen molar-refractivity contribution < 1.29 is 22.9 Å². The Balaban J connectivity index is 2.02. The van der Waals surface area contributed by atoms with Crippen LogP contribution in [0.5, 0.6) is 0 Å². The molecule has 156 valence electrons. The topological polar surface area (TPSA) is 121 Å². The van der Waals surface area contributed by atoms with Gasteiger partial charge in [-0.15, -0.1) is 0 Å². The lowest BCUT2D eigenvalue weighted by Crippen LogP contribution is -2.28. The van der Waals surface area contributed by atoms with E-state index in [1.165, 1.54) is 4.57 Å². The fourth-order valence-corrected chi connectivity index (χ4v) is 3.56. The Morgan fingerprint density at radius 2 is 1.77 bits per heavy atom. The number of sulfonamides is 1. The third kappa shape index (κ3) is 4.54. The minimum Gasteiger partial charge on any atom is -0.443 e. The van der Waals surface area contributed by atoms with Gasteiger partial charge in [-0.25, -0.2) is 9.36 Å². The van der Waals surface area contributed by atoms with Gasteiger partial charge in [-0.3, -0.25) is 10.1 Å². The molecule has 0 saturated carbocycles. The van der Waals surface area contributed by atoms with Gasteiger partial charge >= 0.3 is 6.09 Å². The van der Waals surface area contributed by atoms with Crippen LogP contribution in [0.1, 0.15) is 26.5 Å². The molecule has 0 unspecified atom stereocenters. The second kappa shape index (κ2) is 7.71. The molecule has 9 nitrogen and oxygen atoms in total. The van der Waals surface area contributed by atoms with Crippen molar-refractivity contribution in [1.29, 1.82) is 0 Å². The molecule has 0 aliphatic carbocycles. The van der Waals surface area contributed by atoms with Crippen LogP contribution in [0, 0.1) is 10.1 Å². The number of ether oxygens (including phenoxy) is 1. The molecule has 2 aromatic carbocycles. The van der Waals surface area contributed by atoms with Gasteiger partial charge in [0.05, 0.1) is 27.2 Å². The highest BCUT2D eigenvalue weighted by Gasteiger charge is 2.22. The molecule has 0 bridgehead atoms. The van der Waals surface area contributed by atoms with E-state index in [0.29, 0.717) is 10.9 Å². The van der Waals surface area contributed by atoms with E-state index in [0.717, 1.165) is 30.5 Å². The molecule has 0 N–H and O–H groups in total. The average Bonchev–Trinajstić information content (AvgIpc) is 3.04. The molecule has 1 aromatic heterocycles. The summed E-state index contributed by atoms with van der Waals surface area (Å²) < 4.78 is 35.4. The van der Waals surface area contributed by atoms with E-state index in [2.05, 4.69) is 4.40 Å². The van der Waals surface area contributed by atoms with Crippen LogP contribution in [0.15, 0.2) is 63.9 Å². The molecular formula is C20H19N3O6S. The van der Waals surface area contributed by atoms with Gasteiger partial charge in [0.25, 0.3) is 15.7 Å². The molecule has 0 aliphatic heterocycles. The first-order valence-electron chi connectivity index (χ1n) is 8.86. The lowest BCUT2D eigenvalue weighted by molar-refractivity contribution is -0.384. The molecule has 0 fully saturated rings. The molecule has 1 heterocycles. The van der Waals surface area contributed by atoms with Crippen molar-refractivity contribution in [3.63, 3.8) is 0 Å². The Morgan fingerprint density at radius 3 is 2.37 bits per heavy atom. The number of hydrogen-bond acceptors (Lipinski definition) is 6. The molecule has 0 saturated heterocycles. The number of benzene rings is 2. The third-order valence-corrected chi connectivity index (χ3v) is 5.24. The maximum absolute atomic E-state index is 12.7. The van der Waals surface area contributed by atoms with Crippen molar-refractivity contribution in [2.75, 3.05) is 0 Å². The standard InChI is InChI=1S/C20H19N3O6S/c1-20(2,3)29-19(24)22-16(12-14-6-4-5-7-18(14)22)13-21-30(27,28)17-10-8-15(9-11-17)23(25)26/h4-13H,1-3H3/b21-13+. The summed E-state index contributed by atoms with van der Waals surface area (Å²) in [4.78, 5) is 22.6. The molecule has 3 aromatic rings. The number of nitrogens with zero attached hydrogens (tertiary/aromatic N) is 3. The third-order valence-electron chi connectivity index (χ3n) is 3.98. The van der Waals surface area contributed by atoms with E-state index in [1.54, 1.807) is 51.1 Å². The zero-order valence-electron chi connectivity index (χ0n) is 16.5. The molecular weight excluding hydrogens is 410 g/mol. The quantitative estimate of drug-likeness (QED) is 0.349. The predicted octanol–water partition coefficient (Wildman–Crippen LogP) is 4.14. The van der Waals surface area contributed by atoms with E-state index >= 15 is 0 Å². The van der Waals surface area contributed by atoms with Gasteiger partial charge in [0.15, 0.2) is 0 Å². The van der Waals surface area contributed by atoms with E-state index in [1.807, 2.05) is 0 Å². The number of rotatable bonds is 4. The molecule has 10 heteroatoms. The Labute approximate surface area is 172 Å². The predicted molar refractivity (Wildman–Crippen MR) is 111 cm³/mol. The van der Waals surface area contributed by atoms with E-state index in [-0.39, 0.29) is 16.3 Å². The number of para-hydroxylation sites is 1. The summed E-state index contributed by atoms with van der Waals surface area (Å²) in [6, 6.07) is 13.0. The zero-order valence-corrected chi connectivity index (χ0v) is 17.3. The molecule has 0 aliphatic rings. The first kappa shape index (κ1) is 21.2. The second-order valence-corrected chi connectivity index (χ2v) is 9.04. The lowest BCUT2D eigenvalue weighted by Gasteiger charge is -2.20. The largest absolute Gasteiger partial charge is 0.443 e. The first-order valence-corrected chi connectivity index (χ1v) is 10.3. The van der Waals surface area contributed by atoms with Crippen LogP contribution < -0.4 is 0 Å². The highest BCUT2D eigenvalue weighted by molar-refractivity contribution is 7.90. The van der Waals surface area contributed by atoms with Crippen LogP contribution in [-0.4, -0.2) is 35.8 Å². The summed E-state index contributed by atoms with van der Waals surface area (Å²) in [5.74, 6) is 0. The van der Waals surface area contributed by atoms with E-state index in [9.17, 15) is 23.3 Å². The van der Waals surface area contributed by atoms with Crippen LogP contribution in [0.4, 0.5) is 10.5 Å². The van der Waals surface area contributed by atoms with Crippen molar-refractivity contribution >= 4 is 38.9 Å². The van der Waals surface area contributed by atoms with Crippen LogP contribution in [0.2, 0.25) is 0 Å². The van der Waals surface area contributed by atoms with Gasteiger partial charge in [-0.05, 0) is 45.0 Å². The van der Waals surface area contributed by atoms with Gasteiger partial charge in [0.2, 0.25) is 0 Å². The minimum absolute atomic E-state index is 0.204. The summed E-state index contributed by atoms with van der Waals surface area (Å²) in [7, 11) is -4.13. The summed E-state index contributed by atoms with van der Waals surface area (Å²) in [5.41, 5.74) is -0.221. The Kier molecular flexibility index (Phi) is 5.45. The van der Waals surface area contributed by atoms with Crippen molar-refractivity contribution in [2.45, 2.75) is 31.3 Å². The van der Waals surface area contributed by atoms with Gasteiger partial charge in [-0.1, -0.05) is 18.2 Å². The van der Waals surface area contributed by atoms with Crippen LogP contribution >= 0.6 is 0 Å². The monoisotopic (exact) mass is 429 g/mol. The SMILES string of the molecule is CC(C)(C)OC(=O)n1c(/C=N/S(=O)(=O)c2ccc([N+](=O)[O-])cc2)cc2ccccc21. The minimum atomic E-state index is -4.13. The molecule has 30 heavy (non-hydrogen) atoms. The number of fused-ring (bicyclic) bond motifs is 1. The Hall–Kier alpha value is -3.53. The lowest BCUT2D eigenvalue weighted by atomic mass is 10.2. The molecule has 0 amide bonds. The molecule has 0 radical (unpaired) electrons. The maximum Gasteiger partial charge on any atom is 0.419 e. The average molecular weight is 429 g/mol. The fourth-order valence-electron chi connectivity index (χ4n) is 2.71. The van der Waals surface area contributed by atoms with Gasteiger partial charge in [-0.2, -0.15) is 12.8 Å².